The summed E-state index contributed by atoms with van der Waals surface area (Å²) < 4.78 is 2.47. The number of anilines is 1. The number of nitrogens with one attached hydrogen (secondary N) is 1. The number of nitrogens with two attached hydrogens (primary N) is 1. The van der Waals surface area contributed by atoms with Crippen molar-refractivity contribution in [2.75, 3.05) is 5.43 Å². The van der Waals surface area contributed by atoms with Crippen LogP contribution < -0.4 is 11.3 Å². The minimum absolute atomic E-state index is 0.488. The van der Waals surface area contributed by atoms with Gasteiger partial charge in [0.1, 0.15) is 5.82 Å². The summed E-state index contributed by atoms with van der Waals surface area (Å²) in [7, 11) is 0. The molecule has 0 saturated heterocycles. The van der Waals surface area contributed by atoms with Crippen LogP contribution in [0.2, 0.25) is 0 Å². The highest BCUT2D eigenvalue weighted by molar-refractivity contribution is 5.96. The Kier molecular flexibility index (Phi) is 5.04. The van der Waals surface area contributed by atoms with E-state index in [0.717, 1.165) is 44.8 Å². The Morgan fingerprint density at radius 3 is 2.36 bits per heavy atom. The van der Waals surface area contributed by atoms with E-state index in [0.29, 0.717) is 6.04 Å². The molecule has 0 unspecified atom stereocenters. The van der Waals surface area contributed by atoms with E-state index >= 15 is 0 Å². The highest BCUT2D eigenvalue weighted by atomic mass is 15.2. The lowest BCUT2D eigenvalue weighted by Gasteiger charge is -2.25. The fourth-order valence-electron chi connectivity index (χ4n) is 5.20. The van der Waals surface area contributed by atoms with Crippen molar-refractivity contribution in [3.05, 3.63) is 78.9 Å². The first-order chi connectivity index (χ1) is 16.3. The van der Waals surface area contributed by atoms with Gasteiger partial charge in [0.05, 0.1) is 27.9 Å². The number of benzene rings is 3. The summed E-state index contributed by atoms with van der Waals surface area (Å²) in [4.78, 5) is 10.00. The van der Waals surface area contributed by atoms with Gasteiger partial charge in [-0.15, -0.1) is 0 Å². The largest absolute Gasteiger partial charge is 0.323 e. The van der Waals surface area contributed by atoms with E-state index in [1.165, 1.54) is 37.6 Å². The Labute approximate surface area is 193 Å². The smallest absolute Gasteiger partial charge is 0.141 e. The van der Waals surface area contributed by atoms with Crippen LogP contribution in [0.15, 0.2) is 78.9 Å². The van der Waals surface area contributed by atoms with Crippen LogP contribution in [-0.2, 0) is 0 Å². The molecule has 0 spiro atoms. The predicted octanol–water partition coefficient (Wildman–Crippen LogP) is 6.71. The van der Waals surface area contributed by atoms with Crippen LogP contribution in [0.3, 0.4) is 0 Å². The number of hydrogen-bond acceptors (Lipinski definition) is 4. The van der Waals surface area contributed by atoms with Gasteiger partial charge in [0.25, 0.3) is 0 Å². The Morgan fingerprint density at radius 1 is 0.758 bits per heavy atom. The van der Waals surface area contributed by atoms with Crippen LogP contribution in [-0.4, -0.2) is 14.5 Å². The lowest BCUT2D eigenvalue weighted by Crippen LogP contribution is -2.14. The van der Waals surface area contributed by atoms with Crippen LogP contribution in [0.25, 0.3) is 44.6 Å². The Balaban J connectivity index is 1.52. The number of pyridine rings is 1. The minimum Gasteiger partial charge on any atom is -0.323 e. The van der Waals surface area contributed by atoms with E-state index in [9.17, 15) is 0 Å². The van der Waals surface area contributed by atoms with Gasteiger partial charge in [-0.1, -0.05) is 61.7 Å². The number of hydrogen-bond donors (Lipinski definition) is 2. The third-order valence-electron chi connectivity index (χ3n) is 6.83. The summed E-state index contributed by atoms with van der Waals surface area (Å²) in [5.41, 5.74) is 10.00. The first kappa shape index (κ1) is 19.9. The molecule has 5 aromatic rings. The first-order valence-corrected chi connectivity index (χ1v) is 11.8. The number of imidazole rings is 1. The molecule has 1 aliphatic rings. The summed E-state index contributed by atoms with van der Waals surface area (Å²) in [6.45, 7) is 0. The monoisotopic (exact) mass is 433 g/mol. The van der Waals surface area contributed by atoms with Gasteiger partial charge in [-0.05, 0) is 49.2 Å². The first-order valence-electron chi connectivity index (χ1n) is 11.8. The normalized spacial score (nSPS) is 14.7. The third-order valence-corrected chi connectivity index (χ3v) is 6.83. The van der Waals surface area contributed by atoms with Crippen molar-refractivity contribution < 1.29 is 0 Å². The molecule has 0 radical (unpaired) electrons. The van der Waals surface area contributed by atoms with Gasteiger partial charge in [-0.3, -0.25) is 5.84 Å². The minimum atomic E-state index is 0.488. The van der Waals surface area contributed by atoms with E-state index in [1.807, 2.05) is 24.3 Å². The van der Waals surface area contributed by atoms with Gasteiger partial charge in [-0.2, -0.15) is 0 Å². The molecular formula is C28H27N5. The summed E-state index contributed by atoms with van der Waals surface area (Å²) in [6.07, 6.45) is 6.30. The number of nitrogens with zero attached hydrogens (tertiary/aromatic N) is 3. The van der Waals surface area contributed by atoms with Crippen LogP contribution in [0.4, 0.5) is 5.69 Å². The zero-order valence-corrected chi connectivity index (χ0v) is 18.5. The zero-order valence-electron chi connectivity index (χ0n) is 18.5. The molecule has 2 heterocycles. The van der Waals surface area contributed by atoms with Gasteiger partial charge in [-0.25, -0.2) is 9.97 Å². The lowest BCUT2D eigenvalue weighted by molar-refractivity contribution is 0.362. The maximum Gasteiger partial charge on any atom is 0.141 e. The molecule has 0 atom stereocenters. The number of fused-ring (bicyclic) bond motifs is 2. The van der Waals surface area contributed by atoms with Gasteiger partial charge in [0.2, 0.25) is 0 Å². The van der Waals surface area contributed by atoms with Crippen molar-refractivity contribution in [2.24, 2.45) is 5.84 Å². The standard InChI is InChI=1S/C28H27N5/c29-32-26-18-25(19-9-3-1-4-10-19)30-23-16-15-20(17-22(23)26)28-31-24-13-7-8-14-27(24)33(28)21-11-5-2-6-12-21/h1,3-4,7-10,13-18,21H,2,5-6,11-12,29H2,(H,30,32). The highest BCUT2D eigenvalue weighted by Gasteiger charge is 2.22. The molecule has 3 N–H and O–H groups in total. The second-order valence-corrected chi connectivity index (χ2v) is 8.88. The Morgan fingerprint density at radius 2 is 1.55 bits per heavy atom. The second kappa shape index (κ2) is 8.34. The van der Waals surface area contributed by atoms with Crippen molar-refractivity contribution in [1.29, 1.82) is 0 Å². The number of para-hydroxylation sites is 2. The average Bonchev–Trinajstić information content (AvgIpc) is 3.28. The highest BCUT2D eigenvalue weighted by Crippen LogP contribution is 2.37. The molecule has 33 heavy (non-hydrogen) atoms. The van der Waals surface area contributed by atoms with Crippen LogP contribution in [0.5, 0.6) is 0 Å². The van der Waals surface area contributed by atoms with Gasteiger partial charge in [0.15, 0.2) is 0 Å². The van der Waals surface area contributed by atoms with Gasteiger partial charge in [0, 0.05) is 22.6 Å². The van der Waals surface area contributed by atoms with Crippen molar-refractivity contribution in [2.45, 2.75) is 38.1 Å². The lowest BCUT2D eigenvalue weighted by atomic mass is 9.94. The van der Waals surface area contributed by atoms with Crippen LogP contribution >= 0.6 is 0 Å². The molecule has 1 fully saturated rings. The molecule has 1 saturated carbocycles. The van der Waals surface area contributed by atoms with Crippen molar-refractivity contribution in [1.82, 2.24) is 14.5 Å². The fraction of sp³-hybridized carbons (Fsp3) is 0.214. The molecule has 3 aromatic carbocycles. The van der Waals surface area contributed by atoms with Crippen molar-refractivity contribution >= 4 is 27.6 Å². The number of aromatic nitrogens is 3. The van der Waals surface area contributed by atoms with E-state index in [2.05, 4.69) is 64.6 Å². The van der Waals surface area contributed by atoms with Crippen LogP contribution in [0.1, 0.15) is 38.1 Å². The van der Waals surface area contributed by atoms with E-state index < -0.39 is 0 Å². The number of nitrogen functional groups attached to an aromatic ring is 1. The molecule has 0 amide bonds. The molecule has 5 heteroatoms. The SMILES string of the molecule is NNc1cc(-c2ccccc2)nc2ccc(-c3nc4ccccc4n3C3CCCCC3)cc12. The molecule has 164 valence electrons. The third kappa shape index (κ3) is 3.55. The Bertz CT molecular complexity index is 1430. The topological polar surface area (TPSA) is 68.8 Å². The predicted molar refractivity (Wildman–Crippen MR) is 136 cm³/mol. The van der Waals surface area contributed by atoms with E-state index in [-0.39, 0.29) is 0 Å². The number of hydrazine groups is 1. The fourth-order valence-corrected chi connectivity index (χ4v) is 5.20. The second-order valence-electron chi connectivity index (χ2n) is 8.88. The molecule has 1 aliphatic carbocycles. The summed E-state index contributed by atoms with van der Waals surface area (Å²) in [6, 6.07) is 27.6. The van der Waals surface area contributed by atoms with Crippen molar-refractivity contribution in [3.8, 4) is 22.6 Å². The molecule has 0 bridgehead atoms. The summed E-state index contributed by atoms with van der Waals surface area (Å²) >= 11 is 0. The summed E-state index contributed by atoms with van der Waals surface area (Å²) in [5, 5.41) is 0.997. The molecular weight excluding hydrogens is 406 g/mol. The average molecular weight is 434 g/mol. The van der Waals surface area contributed by atoms with Crippen molar-refractivity contribution in [3.63, 3.8) is 0 Å². The maximum absolute atomic E-state index is 5.96. The van der Waals surface area contributed by atoms with Crippen LogP contribution in [0, 0.1) is 0 Å². The van der Waals surface area contributed by atoms with E-state index in [4.69, 9.17) is 15.8 Å². The summed E-state index contributed by atoms with van der Waals surface area (Å²) in [5.74, 6) is 6.99. The number of rotatable bonds is 4. The molecule has 5 nitrogen and oxygen atoms in total. The quantitative estimate of drug-likeness (QED) is 0.244. The van der Waals surface area contributed by atoms with Gasteiger partial charge < -0.3 is 9.99 Å². The van der Waals surface area contributed by atoms with Gasteiger partial charge >= 0.3 is 0 Å². The maximum atomic E-state index is 5.96. The zero-order chi connectivity index (χ0) is 22.2. The molecule has 2 aromatic heterocycles. The van der Waals surface area contributed by atoms with E-state index in [1.54, 1.807) is 0 Å². The Hall–Kier alpha value is -3.70. The molecule has 6 rings (SSSR count). The molecule has 0 aliphatic heterocycles.